The molecule has 5 heteroatoms. The fourth-order valence-electron chi connectivity index (χ4n) is 2.82. The van der Waals surface area contributed by atoms with Crippen LogP contribution in [-0.2, 0) is 0 Å². The van der Waals surface area contributed by atoms with Gasteiger partial charge in [0.15, 0.2) is 0 Å². The van der Waals surface area contributed by atoms with Crippen molar-refractivity contribution in [1.29, 1.82) is 0 Å². The first-order valence-corrected chi connectivity index (χ1v) is 6.67. The standard InChI is InChI=1S/C14H18ClNO3/c1-14(2)8-7-11(16(14)13(18)19)12(17)9-5-3-4-6-10(9)15/h3-6,11-12,17H,7-8H2,1-2H3,(H,18,19)/t11-,12+/m1/s1. The normalized spacial score (nSPS) is 23.4. The highest BCUT2D eigenvalue weighted by Crippen LogP contribution is 2.40. The van der Waals surface area contributed by atoms with Crippen LogP contribution in [0.25, 0.3) is 0 Å². The molecule has 0 saturated carbocycles. The van der Waals surface area contributed by atoms with Crippen molar-refractivity contribution in [3.05, 3.63) is 34.9 Å². The van der Waals surface area contributed by atoms with Crippen molar-refractivity contribution in [2.45, 2.75) is 44.4 Å². The summed E-state index contributed by atoms with van der Waals surface area (Å²) in [6.07, 6.45) is -0.540. The lowest BCUT2D eigenvalue weighted by atomic mass is 10.00. The molecule has 1 aromatic carbocycles. The molecule has 2 atom stereocenters. The predicted molar refractivity (Wildman–Crippen MR) is 73.4 cm³/mol. The minimum Gasteiger partial charge on any atom is -0.465 e. The van der Waals surface area contributed by atoms with Gasteiger partial charge in [-0.3, -0.25) is 4.90 Å². The van der Waals surface area contributed by atoms with E-state index in [-0.39, 0.29) is 0 Å². The minimum absolute atomic E-state index is 0.451. The first-order valence-electron chi connectivity index (χ1n) is 6.29. The third-order valence-electron chi connectivity index (χ3n) is 3.83. The summed E-state index contributed by atoms with van der Waals surface area (Å²) in [6.45, 7) is 3.75. The van der Waals surface area contributed by atoms with Gasteiger partial charge in [0.05, 0.1) is 6.04 Å². The molecule has 1 aliphatic rings. The molecule has 0 aliphatic carbocycles. The molecule has 1 aromatic rings. The van der Waals surface area contributed by atoms with E-state index in [1.54, 1.807) is 24.3 Å². The number of benzene rings is 1. The molecule has 4 nitrogen and oxygen atoms in total. The molecule has 0 spiro atoms. The highest BCUT2D eigenvalue weighted by Gasteiger charge is 2.46. The van der Waals surface area contributed by atoms with Gasteiger partial charge < -0.3 is 10.2 Å². The Balaban J connectivity index is 2.32. The molecular weight excluding hydrogens is 266 g/mol. The summed E-state index contributed by atoms with van der Waals surface area (Å²) >= 11 is 6.07. The second-order valence-corrected chi connectivity index (χ2v) is 5.94. The average Bonchev–Trinajstić information content (AvgIpc) is 2.64. The van der Waals surface area contributed by atoms with E-state index >= 15 is 0 Å². The number of carbonyl (C=O) groups is 1. The Labute approximate surface area is 117 Å². The van der Waals surface area contributed by atoms with E-state index in [9.17, 15) is 15.0 Å². The second-order valence-electron chi connectivity index (χ2n) is 5.54. The zero-order valence-electron chi connectivity index (χ0n) is 11.0. The van der Waals surface area contributed by atoms with Gasteiger partial charge in [0.1, 0.15) is 6.10 Å². The zero-order chi connectivity index (χ0) is 14.2. The average molecular weight is 284 g/mol. The topological polar surface area (TPSA) is 60.8 Å². The van der Waals surface area contributed by atoms with Crippen molar-refractivity contribution in [2.75, 3.05) is 0 Å². The summed E-state index contributed by atoms with van der Waals surface area (Å²) in [6, 6.07) is 6.55. The van der Waals surface area contributed by atoms with Crippen LogP contribution in [0.15, 0.2) is 24.3 Å². The van der Waals surface area contributed by atoms with E-state index in [1.807, 2.05) is 13.8 Å². The third kappa shape index (κ3) is 2.55. The maximum absolute atomic E-state index is 11.4. The van der Waals surface area contributed by atoms with Gasteiger partial charge >= 0.3 is 6.09 Å². The molecule has 2 N–H and O–H groups in total. The Kier molecular flexibility index (Phi) is 3.74. The largest absolute Gasteiger partial charge is 0.465 e. The smallest absolute Gasteiger partial charge is 0.408 e. The van der Waals surface area contributed by atoms with Crippen molar-refractivity contribution in [2.24, 2.45) is 0 Å². The van der Waals surface area contributed by atoms with Crippen LogP contribution >= 0.6 is 11.6 Å². The van der Waals surface area contributed by atoms with Crippen LogP contribution in [0.2, 0.25) is 5.02 Å². The second kappa shape index (κ2) is 5.02. The van der Waals surface area contributed by atoms with Crippen molar-refractivity contribution in [3.8, 4) is 0 Å². The van der Waals surface area contributed by atoms with E-state index in [4.69, 9.17) is 11.6 Å². The van der Waals surface area contributed by atoms with Crippen LogP contribution in [0.3, 0.4) is 0 Å². The first kappa shape index (κ1) is 14.2. The Morgan fingerprint density at radius 2 is 2.11 bits per heavy atom. The number of hydrogen-bond acceptors (Lipinski definition) is 2. The molecule has 1 saturated heterocycles. The molecule has 1 fully saturated rings. The fourth-order valence-corrected chi connectivity index (χ4v) is 3.07. The van der Waals surface area contributed by atoms with Crippen LogP contribution in [0.5, 0.6) is 0 Å². The van der Waals surface area contributed by atoms with E-state index in [2.05, 4.69) is 0 Å². The number of rotatable bonds is 2. The van der Waals surface area contributed by atoms with Gasteiger partial charge in [0.2, 0.25) is 0 Å². The molecule has 0 bridgehead atoms. The zero-order valence-corrected chi connectivity index (χ0v) is 11.8. The van der Waals surface area contributed by atoms with Gasteiger partial charge in [-0.2, -0.15) is 0 Å². The summed E-state index contributed by atoms with van der Waals surface area (Å²) in [5.41, 5.74) is 0.122. The number of amides is 1. The Hall–Kier alpha value is -1.26. The molecular formula is C14H18ClNO3. The van der Waals surface area contributed by atoms with Crippen LogP contribution in [0.1, 0.15) is 38.4 Å². The molecule has 2 rings (SSSR count). The van der Waals surface area contributed by atoms with Crippen LogP contribution in [0.4, 0.5) is 4.79 Å². The van der Waals surface area contributed by atoms with E-state index in [0.717, 1.165) is 6.42 Å². The number of nitrogens with zero attached hydrogens (tertiary/aromatic N) is 1. The van der Waals surface area contributed by atoms with Gasteiger partial charge in [-0.05, 0) is 32.8 Å². The summed E-state index contributed by atoms with van der Waals surface area (Å²) in [7, 11) is 0. The number of aliphatic hydroxyl groups is 1. The van der Waals surface area contributed by atoms with Crippen molar-refractivity contribution in [3.63, 3.8) is 0 Å². The summed E-state index contributed by atoms with van der Waals surface area (Å²) in [5, 5.41) is 20.3. The predicted octanol–water partition coefficient (Wildman–Crippen LogP) is 3.29. The molecule has 1 amide bonds. The number of aliphatic hydroxyl groups excluding tert-OH is 1. The van der Waals surface area contributed by atoms with Gasteiger partial charge in [0, 0.05) is 16.1 Å². The van der Waals surface area contributed by atoms with Crippen molar-refractivity contribution >= 4 is 17.7 Å². The molecule has 1 aliphatic heterocycles. The van der Waals surface area contributed by atoms with E-state index in [1.165, 1.54) is 4.90 Å². The van der Waals surface area contributed by atoms with Gasteiger partial charge in [-0.1, -0.05) is 29.8 Å². The Bertz CT molecular complexity index is 489. The monoisotopic (exact) mass is 283 g/mol. The molecule has 1 heterocycles. The molecule has 0 radical (unpaired) electrons. The summed E-state index contributed by atoms with van der Waals surface area (Å²) < 4.78 is 0. The van der Waals surface area contributed by atoms with Crippen LogP contribution in [0, 0.1) is 0 Å². The fraction of sp³-hybridized carbons (Fsp3) is 0.500. The quantitative estimate of drug-likeness (QED) is 0.875. The Morgan fingerprint density at radius 3 is 2.68 bits per heavy atom. The van der Waals surface area contributed by atoms with Crippen LogP contribution < -0.4 is 0 Å². The highest BCUT2D eigenvalue weighted by atomic mass is 35.5. The molecule has 0 aromatic heterocycles. The van der Waals surface area contributed by atoms with Crippen molar-refractivity contribution < 1.29 is 15.0 Å². The summed E-state index contributed by atoms with van der Waals surface area (Å²) in [5.74, 6) is 0. The molecule has 19 heavy (non-hydrogen) atoms. The lowest BCUT2D eigenvalue weighted by Crippen LogP contribution is -2.48. The lowest BCUT2D eigenvalue weighted by Gasteiger charge is -2.35. The van der Waals surface area contributed by atoms with Gasteiger partial charge in [0.25, 0.3) is 0 Å². The first-order chi connectivity index (χ1) is 8.84. The minimum atomic E-state index is -1.00. The highest BCUT2D eigenvalue weighted by molar-refractivity contribution is 6.31. The third-order valence-corrected chi connectivity index (χ3v) is 4.17. The lowest BCUT2D eigenvalue weighted by molar-refractivity contribution is 0.0362. The molecule has 0 unspecified atom stereocenters. The SMILES string of the molecule is CC1(C)CC[C@H]([C@@H](O)c2ccccc2Cl)N1C(=O)O. The van der Waals surface area contributed by atoms with Crippen LogP contribution in [-0.4, -0.2) is 32.8 Å². The van der Waals surface area contributed by atoms with E-state index < -0.39 is 23.8 Å². The maximum Gasteiger partial charge on any atom is 0.408 e. The van der Waals surface area contributed by atoms with E-state index in [0.29, 0.717) is 17.0 Å². The number of hydrogen-bond donors (Lipinski definition) is 2. The van der Waals surface area contributed by atoms with Gasteiger partial charge in [-0.15, -0.1) is 0 Å². The number of likely N-dealkylation sites (tertiary alicyclic amines) is 1. The number of carboxylic acid groups (broad SMARTS) is 1. The van der Waals surface area contributed by atoms with Gasteiger partial charge in [-0.25, -0.2) is 4.79 Å². The summed E-state index contributed by atoms with van der Waals surface area (Å²) in [4.78, 5) is 12.8. The maximum atomic E-state index is 11.4. The van der Waals surface area contributed by atoms with Crippen molar-refractivity contribution in [1.82, 2.24) is 4.90 Å². The number of halogens is 1. The Morgan fingerprint density at radius 1 is 1.47 bits per heavy atom. The molecule has 104 valence electrons.